The molecule has 1 saturated heterocycles. The molecule has 1 N–H and O–H groups in total. The van der Waals surface area contributed by atoms with Gasteiger partial charge in [-0.15, -0.1) is 0 Å². The fraction of sp³-hybridized carbons (Fsp3) is 0.600. The fourth-order valence-corrected chi connectivity index (χ4v) is 3.41. The van der Waals surface area contributed by atoms with E-state index in [4.69, 9.17) is 0 Å². The van der Waals surface area contributed by atoms with E-state index >= 15 is 0 Å². The van der Waals surface area contributed by atoms with E-state index in [1.807, 2.05) is 0 Å². The van der Waals surface area contributed by atoms with Gasteiger partial charge in [-0.05, 0) is 31.2 Å². The maximum absolute atomic E-state index is 9.89. The first-order valence-electron chi connectivity index (χ1n) is 6.68. The van der Waals surface area contributed by atoms with Gasteiger partial charge in [-0.25, -0.2) is 0 Å². The van der Waals surface area contributed by atoms with Gasteiger partial charge in [0.25, 0.3) is 0 Å². The SMILES string of the molecule is Cc1ccc(CN2CC3CCC(O)C3C2)cc1. The van der Waals surface area contributed by atoms with Crippen molar-refractivity contribution in [3.05, 3.63) is 35.4 Å². The van der Waals surface area contributed by atoms with Gasteiger partial charge >= 0.3 is 0 Å². The molecule has 0 radical (unpaired) electrons. The van der Waals surface area contributed by atoms with Crippen LogP contribution in [0.15, 0.2) is 24.3 Å². The molecule has 1 aliphatic carbocycles. The molecule has 0 bridgehead atoms. The van der Waals surface area contributed by atoms with Gasteiger partial charge < -0.3 is 5.11 Å². The highest BCUT2D eigenvalue weighted by atomic mass is 16.3. The Morgan fingerprint density at radius 1 is 1.18 bits per heavy atom. The summed E-state index contributed by atoms with van der Waals surface area (Å²) >= 11 is 0. The van der Waals surface area contributed by atoms with Crippen LogP contribution < -0.4 is 0 Å². The lowest BCUT2D eigenvalue weighted by Crippen LogP contribution is -2.24. The molecule has 17 heavy (non-hydrogen) atoms. The van der Waals surface area contributed by atoms with Crippen molar-refractivity contribution in [3.63, 3.8) is 0 Å². The molecule has 1 aliphatic heterocycles. The maximum Gasteiger partial charge on any atom is 0.0583 e. The predicted octanol–water partition coefficient (Wildman–Crippen LogP) is 2.20. The highest BCUT2D eigenvalue weighted by Crippen LogP contribution is 2.38. The average Bonchev–Trinajstić information content (AvgIpc) is 2.85. The lowest BCUT2D eigenvalue weighted by Gasteiger charge is -2.18. The Hall–Kier alpha value is -0.860. The molecule has 0 spiro atoms. The third kappa shape index (κ3) is 2.24. The maximum atomic E-state index is 9.89. The van der Waals surface area contributed by atoms with Crippen molar-refractivity contribution in [3.8, 4) is 0 Å². The second-order valence-corrected chi connectivity index (χ2v) is 5.75. The Labute approximate surface area is 103 Å². The van der Waals surface area contributed by atoms with Crippen LogP contribution in [0.1, 0.15) is 24.0 Å². The van der Waals surface area contributed by atoms with Crippen LogP contribution in [0.2, 0.25) is 0 Å². The molecule has 2 fully saturated rings. The van der Waals surface area contributed by atoms with Crippen molar-refractivity contribution in [2.45, 2.75) is 32.4 Å². The normalized spacial score (nSPS) is 32.9. The first kappa shape index (κ1) is 11.2. The molecule has 92 valence electrons. The van der Waals surface area contributed by atoms with E-state index in [-0.39, 0.29) is 6.10 Å². The summed E-state index contributed by atoms with van der Waals surface area (Å²) in [6.07, 6.45) is 2.20. The molecule has 3 rings (SSSR count). The first-order chi connectivity index (χ1) is 8.22. The van der Waals surface area contributed by atoms with E-state index in [1.165, 1.54) is 24.1 Å². The number of aryl methyl sites for hydroxylation is 1. The third-order valence-corrected chi connectivity index (χ3v) is 4.42. The second-order valence-electron chi connectivity index (χ2n) is 5.75. The lowest BCUT2D eigenvalue weighted by molar-refractivity contribution is 0.123. The summed E-state index contributed by atoms with van der Waals surface area (Å²) in [6.45, 7) is 5.43. The second kappa shape index (κ2) is 4.43. The average molecular weight is 231 g/mol. The van der Waals surface area contributed by atoms with Crippen LogP contribution in [0, 0.1) is 18.8 Å². The number of hydrogen-bond acceptors (Lipinski definition) is 2. The highest BCUT2D eigenvalue weighted by molar-refractivity contribution is 5.21. The van der Waals surface area contributed by atoms with Crippen LogP contribution in [-0.2, 0) is 6.54 Å². The van der Waals surface area contributed by atoms with Crippen LogP contribution in [-0.4, -0.2) is 29.2 Å². The van der Waals surface area contributed by atoms with Gasteiger partial charge in [0.05, 0.1) is 6.10 Å². The van der Waals surface area contributed by atoms with Gasteiger partial charge in [0, 0.05) is 25.6 Å². The van der Waals surface area contributed by atoms with Crippen molar-refractivity contribution >= 4 is 0 Å². The Morgan fingerprint density at radius 2 is 1.94 bits per heavy atom. The van der Waals surface area contributed by atoms with Crippen LogP contribution >= 0.6 is 0 Å². The van der Waals surface area contributed by atoms with Gasteiger partial charge in [0.15, 0.2) is 0 Å². The van der Waals surface area contributed by atoms with E-state index in [0.29, 0.717) is 5.92 Å². The molecular formula is C15H21NO. The molecule has 2 nitrogen and oxygen atoms in total. The predicted molar refractivity (Wildman–Crippen MR) is 68.7 cm³/mol. The van der Waals surface area contributed by atoms with Crippen LogP contribution in [0.5, 0.6) is 0 Å². The summed E-state index contributed by atoms with van der Waals surface area (Å²) in [4.78, 5) is 2.50. The van der Waals surface area contributed by atoms with Gasteiger partial charge in [0.1, 0.15) is 0 Å². The number of rotatable bonds is 2. The van der Waals surface area contributed by atoms with Crippen molar-refractivity contribution in [1.29, 1.82) is 0 Å². The summed E-state index contributed by atoms with van der Waals surface area (Å²) in [5.74, 6) is 1.29. The van der Waals surface area contributed by atoms with Gasteiger partial charge in [-0.1, -0.05) is 29.8 Å². The fourth-order valence-electron chi connectivity index (χ4n) is 3.41. The van der Waals surface area contributed by atoms with Crippen molar-refractivity contribution in [2.75, 3.05) is 13.1 Å². The van der Waals surface area contributed by atoms with E-state index in [0.717, 1.165) is 25.4 Å². The van der Waals surface area contributed by atoms with Crippen LogP contribution in [0.25, 0.3) is 0 Å². The van der Waals surface area contributed by atoms with Gasteiger partial charge in [0.2, 0.25) is 0 Å². The molecule has 0 amide bonds. The molecule has 1 aromatic carbocycles. The number of aliphatic hydroxyl groups excluding tert-OH is 1. The molecule has 2 aliphatic rings. The topological polar surface area (TPSA) is 23.5 Å². The zero-order valence-electron chi connectivity index (χ0n) is 10.5. The van der Waals surface area contributed by atoms with E-state index in [2.05, 4.69) is 36.1 Å². The van der Waals surface area contributed by atoms with Crippen LogP contribution in [0.4, 0.5) is 0 Å². The summed E-state index contributed by atoms with van der Waals surface area (Å²) in [7, 11) is 0. The minimum absolute atomic E-state index is 0.0389. The quantitative estimate of drug-likeness (QED) is 0.843. The zero-order chi connectivity index (χ0) is 11.8. The Bertz CT molecular complexity index is 386. The standard InChI is InChI=1S/C15H21NO/c1-11-2-4-12(5-3-11)8-16-9-13-6-7-15(17)14(13)10-16/h2-5,13-15,17H,6-10H2,1H3. The largest absolute Gasteiger partial charge is 0.393 e. The highest BCUT2D eigenvalue weighted by Gasteiger charge is 2.41. The van der Waals surface area contributed by atoms with Gasteiger partial charge in [-0.3, -0.25) is 4.90 Å². The molecule has 3 atom stereocenters. The molecule has 1 saturated carbocycles. The number of fused-ring (bicyclic) bond motifs is 1. The number of likely N-dealkylation sites (tertiary alicyclic amines) is 1. The molecule has 3 unspecified atom stereocenters. The molecule has 1 heterocycles. The number of aliphatic hydroxyl groups is 1. The van der Waals surface area contributed by atoms with E-state index in [1.54, 1.807) is 0 Å². The minimum atomic E-state index is -0.0389. The van der Waals surface area contributed by atoms with Gasteiger partial charge in [-0.2, -0.15) is 0 Å². The number of nitrogens with zero attached hydrogens (tertiary/aromatic N) is 1. The number of hydrogen-bond donors (Lipinski definition) is 1. The molecule has 2 heteroatoms. The Morgan fingerprint density at radius 3 is 2.65 bits per heavy atom. The zero-order valence-corrected chi connectivity index (χ0v) is 10.5. The lowest BCUT2D eigenvalue weighted by atomic mass is 10.00. The molecular weight excluding hydrogens is 210 g/mol. The molecule has 0 aromatic heterocycles. The van der Waals surface area contributed by atoms with Crippen molar-refractivity contribution < 1.29 is 5.11 Å². The Kier molecular flexibility index (Phi) is 2.93. The monoisotopic (exact) mass is 231 g/mol. The van der Waals surface area contributed by atoms with Crippen LogP contribution in [0.3, 0.4) is 0 Å². The van der Waals surface area contributed by atoms with E-state index in [9.17, 15) is 5.11 Å². The first-order valence-corrected chi connectivity index (χ1v) is 6.68. The Balaban J connectivity index is 1.62. The minimum Gasteiger partial charge on any atom is -0.393 e. The summed E-state index contributed by atoms with van der Waals surface area (Å²) in [6, 6.07) is 8.81. The third-order valence-electron chi connectivity index (χ3n) is 4.42. The smallest absolute Gasteiger partial charge is 0.0583 e. The van der Waals surface area contributed by atoms with Crippen molar-refractivity contribution in [1.82, 2.24) is 4.90 Å². The van der Waals surface area contributed by atoms with Crippen molar-refractivity contribution in [2.24, 2.45) is 11.8 Å². The molecule has 1 aromatic rings. The van der Waals surface area contributed by atoms with E-state index < -0.39 is 0 Å². The summed E-state index contributed by atoms with van der Waals surface area (Å²) < 4.78 is 0. The summed E-state index contributed by atoms with van der Waals surface area (Å²) in [5.41, 5.74) is 2.72. The number of benzene rings is 1. The summed E-state index contributed by atoms with van der Waals surface area (Å²) in [5, 5.41) is 9.89.